The summed E-state index contributed by atoms with van der Waals surface area (Å²) < 4.78 is 0. The van der Waals surface area contributed by atoms with E-state index in [0.29, 0.717) is 5.56 Å². The van der Waals surface area contributed by atoms with E-state index in [1.807, 2.05) is 0 Å². The normalized spacial score (nSPS) is 23.6. The molecule has 1 fully saturated rings. The molecule has 1 aromatic carbocycles. The number of hydrogen-bond acceptors (Lipinski definition) is 6. The molecule has 1 aromatic rings. The van der Waals surface area contributed by atoms with Crippen LogP contribution in [0.1, 0.15) is 11.6 Å². The van der Waals surface area contributed by atoms with E-state index in [-0.39, 0.29) is 22.2 Å². The van der Waals surface area contributed by atoms with Crippen LogP contribution in [0.25, 0.3) is 0 Å². The number of rotatable bonds is 4. The van der Waals surface area contributed by atoms with Gasteiger partial charge < -0.3 is 21.3 Å². The van der Waals surface area contributed by atoms with Gasteiger partial charge in [-0.05, 0) is 17.7 Å². The second-order valence-corrected chi connectivity index (χ2v) is 7.09. The van der Waals surface area contributed by atoms with Crippen molar-refractivity contribution < 1.29 is 24.6 Å². The summed E-state index contributed by atoms with van der Waals surface area (Å²) in [7, 11) is 0. The van der Waals surface area contributed by atoms with Crippen molar-refractivity contribution >= 4 is 41.1 Å². The maximum absolute atomic E-state index is 12.3. The van der Waals surface area contributed by atoms with E-state index in [9.17, 15) is 24.6 Å². The molecule has 1 saturated heterocycles. The molecule has 132 valence electrons. The first-order valence-corrected chi connectivity index (χ1v) is 8.65. The van der Waals surface area contributed by atoms with Gasteiger partial charge in [-0.1, -0.05) is 23.7 Å². The van der Waals surface area contributed by atoms with Crippen LogP contribution in [0, 0.1) is 0 Å². The van der Waals surface area contributed by atoms with Crippen LogP contribution in [-0.4, -0.2) is 50.1 Å². The van der Waals surface area contributed by atoms with Crippen LogP contribution in [0.15, 0.2) is 35.0 Å². The number of nitrogens with one attached hydrogen (secondary N) is 1. The van der Waals surface area contributed by atoms with E-state index in [1.165, 1.54) is 36.0 Å². The molecule has 25 heavy (non-hydrogen) atoms. The average molecular weight is 384 g/mol. The van der Waals surface area contributed by atoms with Crippen molar-refractivity contribution in [2.75, 3.05) is 5.75 Å². The van der Waals surface area contributed by atoms with Gasteiger partial charge in [0.25, 0.3) is 5.91 Å². The summed E-state index contributed by atoms with van der Waals surface area (Å²) in [6.07, 6.45) is 0. The van der Waals surface area contributed by atoms with Gasteiger partial charge in [0.15, 0.2) is 0 Å². The Kier molecular flexibility index (Phi) is 4.63. The summed E-state index contributed by atoms with van der Waals surface area (Å²) in [5.41, 5.74) is 6.11. The van der Waals surface area contributed by atoms with Gasteiger partial charge in [-0.25, -0.2) is 4.79 Å². The van der Waals surface area contributed by atoms with Crippen molar-refractivity contribution in [2.45, 2.75) is 17.5 Å². The molecule has 8 nitrogen and oxygen atoms in total. The first-order valence-electron chi connectivity index (χ1n) is 7.22. The third-order valence-electron chi connectivity index (χ3n) is 3.96. The number of halogens is 1. The zero-order chi connectivity index (χ0) is 18.3. The Morgan fingerprint density at radius 2 is 2.00 bits per heavy atom. The number of phenols is 1. The van der Waals surface area contributed by atoms with Crippen LogP contribution in [0.2, 0.25) is 0 Å². The number of nitrogens with zero attached hydrogens (tertiary/aromatic N) is 1. The summed E-state index contributed by atoms with van der Waals surface area (Å²) in [5, 5.41) is 20.6. The number of benzene rings is 1. The van der Waals surface area contributed by atoms with Crippen LogP contribution >= 0.6 is 23.4 Å². The number of carbonyl (C=O) groups is 3. The highest BCUT2D eigenvalue weighted by Gasteiger charge is 2.54. The van der Waals surface area contributed by atoms with Crippen LogP contribution in [-0.2, 0) is 14.4 Å². The highest BCUT2D eigenvalue weighted by Crippen LogP contribution is 2.41. The third-order valence-corrected chi connectivity index (χ3v) is 5.71. The van der Waals surface area contributed by atoms with Crippen molar-refractivity contribution in [3.63, 3.8) is 0 Å². The lowest BCUT2D eigenvalue weighted by molar-refractivity contribution is -0.150. The summed E-state index contributed by atoms with van der Waals surface area (Å²) >= 11 is 7.16. The average Bonchev–Trinajstić information content (AvgIpc) is 2.58. The fourth-order valence-electron chi connectivity index (χ4n) is 2.66. The van der Waals surface area contributed by atoms with Gasteiger partial charge in [-0.3, -0.25) is 14.5 Å². The summed E-state index contributed by atoms with van der Waals surface area (Å²) in [4.78, 5) is 36.9. The molecule has 0 aliphatic carbocycles. The lowest BCUT2D eigenvalue weighted by Gasteiger charge is -2.48. The number of carboxylic acids is 1. The largest absolute Gasteiger partial charge is 0.508 e. The Hall–Kier alpha value is -2.23. The van der Waals surface area contributed by atoms with Crippen molar-refractivity contribution in [1.29, 1.82) is 0 Å². The molecule has 3 rings (SSSR count). The van der Waals surface area contributed by atoms with Gasteiger partial charge >= 0.3 is 5.97 Å². The lowest BCUT2D eigenvalue weighted by Crippen LogP contribution is -2.70. The van der Waals surface area contributed by atoms with Crippen LogP contribution in [0.5, 0.6) is 5.75 Å². The second-order valence-electron chi connectivity index (χ2n) is 5.52. The number of phenolic OH excluding ortho intramolecular Hbond substituents is 1. The van der Waals surface area contributed by atoms with E-state index in [0.717, 1.165) is 4.90 Å². The van der Waals surface area contributed by atoms with Crippen LogP contribution in [0.3, 0.4) is 0 Å². The second kappa shape index (κ2) is 6.58. The van der Waals surface area contributed by atoms with E-state index < -0.39 is 35.2 Å². The summed E-state index contributed by atoms with van der Waals surface area (Å²) in [5.74, 6) is -2.10. The Balaban J connectivity index is 1.71. The molecule has 0 spiro atoms. The molecule has 3 atom stereocenters. The van der Waals surface area contributed by atoms with Crippen molar-refractivity contribution in [3.8, 4) is 5.75 Å². The van der Waals surface area contributed by atoms with Gasteiger partial charge in [-0.15, -0.1) is 11.8 Å². The van der Waals surface area contributed by atoms with E-state index in [4.69, 9.17) is 17.3 Å². The number of thioether (sulfide) groups is 1. The summed E-state index contributed by atoms with van der Waals surface area (Å²) in [6.45, 7) is 0. The van der Waals surface area contributed by atoms with Gasteiger partial charge in [0.2, 0.25) is 5.91 Å². The topological polar surface area (TPSA) is 133 Å². The molecule has 0 aromatic heterocycles. The van der Waals surface area contributed by atoms with Gasteiger partial charge in [0.05, 0.1) is 5.03 Å². The minimum atomic E-state index is -1.28. The van der Waals surface area contributed by atoms with Crippen LogP contribution < -0.4 is 11.1 Å². The molecular formula is C15H14ClN3O5S. The number of carboxylic acid groups (broad SMARTS) is 1. The fourth-order valence-corrected chi connectivity index (χ4v) is 4.21. The van der Waals surface area contributed by atoms with E-state index in [1.54, 1.807) is 0 Å². The molecule has 0 bridgehead atoms. The minimum absolute atomic E-state index is 0.0460. The first kappa shape index (κ1) is 17.6. The Morgan fingerprint density at radius 3 is 2.60 bits per heavy atom. The number of hydrogen-bond donors (Lipinski definition) is 4. The number of β-lactam (4-membered cyclic amide) rings is 1. The number of carbonyl (C=O) groups excluding carboxylic acids is 2. The molecule has 2 amide bonds. The Morgan fingerprint density at radius 1 is 1.36 bits per heavy atom. The van der Waals surface area contributed by atoms with E-state index in [2.05, 4.69) is 5.32 Å². The van der Waals surface area contributed by atoms with Gasteiger partial charge in [-0.2, -0.15) is 0 Å². The number of nitrogens with two attached hydrogens (primary N) is 1. The maximum atomic E-state index is 12.3. The Bertz CT molecular complexity index is 782. The lowest BCUT2D eigenvalue weighted by atomic mass is 10.0. The standard InChI is InChI=1S/C15H14ClN3O5S/c16-8-5-25-14-10(13(22)19(14)11(8)15(23)24)18-12(21)9(17)6-1-3-7(20)4-2-6/h1-4,9-10,14,20H,5,17H2,(H,18,21)(H,23,24)/t9?,10?,14-/m1/s1. The molecular weight excluding hydrogens is 370 g/mol. The monoisotopic (exact) mass is 383 g/mol. The molecule has 2 unspecified atom stereocenters. The number of amides is 2. The SMILES string of the molecule is NC(C(=O)NC1C(=O)N2C(C(=O)O)=C(Cl)CS[C@H]12)c1ccc(O)cc1. The van der Waals surface area contributed by atoms with Crippen molar-refractivity contribution in [2.24, 2.45) is 5.73 Å². The van der Waals surface area contributed by atoms with Gasteiger partial charge in [0.1, 0.15) is 28.9 Å². The smallest absolute Gasteiger partial charge is 0.353 e. The molecule has 0 saturated carbocycles. The zero-order valence-electron chi connectivity index (χ0n) is 12.7. The molecule has 2 aliphatic heterocycles. The van der Waals surface area contributed by atoms with E-state index >= 15 is 0 Å². The molecule has 2 aliphatic rings. The van der Waals surface area contributed by atoms with Crippen LogP contribution in [0.4, 0.5) is 0 Å². The van der Waals surface area contributed by atoms with Crippen molar-refractivity contribution in [3.05, 3.63) is 40.6 Å². The first-order chi connectivity index (χ1) is 11.8. The Labute approximate surface area is 151 Å². The highest BCUT2D eigenvalue weighted by atomic mass is 35.5. The maximum Gasteiger partial charge on any atom is 0.353 e. The highest BCUT2D eigenvalue weighted by molar-refractivity contribution is 8.00. The molecule has 0 radical (unpaired) electrons. The number of fused-ring (bicyclic) bond motifs is 1. The predicted octanol–water partition coefficient (Wildman–Crippen LogP) is 0.327. The molecule has 2 heterocycles. The quantitative estimate of drug-likeness (QED) is 0.550. The number of aliphatic carboxylic acids is 1. The predicted molar refractivity (Wildman–Crippen MR) is 90.6 cm³/mol. The number of aromatic hydroxyl groups is 1. The molecule has 10 heteroatoms. The summed E-state index contributed by atoms with van der Waals surface area (Å²) in [6, 6.07) is 3.95. The van der Waals surface area contributed by atoms with Gasteiger partial charge in [0, 0.05) is 5.75 Å². The van der Waals surface area contributed by atoms with Crippen molar-refractivity contribution in [1.82, 2.24) is 10.2 Å². The fraction of sp³-hybridized carbons (Fsp3) is 0.267. The zero-order valence-corrected chi connectivity index (χ0v) is 14.3. The molecule has 5 N–H and O–H groups in total. The third kappa shape index (κ3) is 3.06. The minimum Gasteiger partial charge on any atom is -0.508 e.